The SMILES string of the molecule is CN(Cc1ccc(N2CCCCC2)cc1)CN1C(=O)C[C@H]1c1ccccc1. The molecule has 0 aromatic heterocycles. The molecule has 0 aliphatic carbocycles. The minimum atomic E-state index is 0.225. The molecular weight excluding hydrogens is 334 g/mol. The van der Waals surface area contributed by atoms with Gasteiger partial charge < -0.3 is 9.80 Å². The Bertz CT molecular complexity index is 753. The van der Waals surface area contributed by atoms with Gasteiger partial charge in [-0.15, -0.1) is 0 Å². The van der Waals surface area contributed by atoms with Crippen LogP contribution in [0.5, 0.6) is 0 Å². The molecule has 27 heavy (non-hydrogen) atoms. The summed E-state index contributed by atoms with van der Waals surface area (Å²) < 4.78 is 0. The average Bonchev–Trinajstić information content (AvgIpc) is 2.72. The van der Waals surface area contributed by atoms with Gasteiger partial charge in [0.2, 0.25) is 5.91 Å². The Morgan fingerprint density at radius 1 is 0.963 bits per heavy atom. The first-order chi connectivity index (χ1) is 13.2. The summed E-state index contributed by atoms with van der Waals surface area (Å²) in [5.41, 5.74) is 3.86. The quantitative estimate of drug-likeness (QED) is 0.725. The van der Waals surface area contributed by atoms with Gasteiger partial charge in [0.1, 0.15) is 0 Å². The van der Waals surface area contributed by atoms with Crippen LogP contribution in [0.25, 0.3) is 0 Å². The third-order valence-electron chi connectivity index (χ3n) is 5.75. The second-order valence-electron chi connectivity index (χ2n) is 7.86. The zero-order chi connectivity index (χ0) is 18.6. The van der Waals surface area contributed by atoms with Crippen molar-refractivity contribution in [3.05, 3.63) is 65.7 Å². The number of amides is 1. The first-order valence-corrected chi connectivity index (χ1v) is 10.1. The second kappa shape index (κ2) is 8.13. The molecule has 0 spiro atoms. The smallest absolute Gasteiger partial charge is 0.226 e. The van der Waals surface area contributed by atoms with Gasteiger partial charge in [-0.05, 0) is 49.6 Å². The lowest BCUT2D eigenvalue weighted by molar-refractivity contribution is -0.149. The molecule has 0 radical (unpaired) electrons. The Balaban J connectivity index is 1.33. The van der Waals surface area contributed by atoms with Crippen molar-refractivity contribution in [1.82, 2.24) is 9.80 Å². The highest BCUT2D eigenvalue weighted by molar-refractivity contribution is 5.83. The maximum absolute atomic E-state index is 12.1. The number of likely N-dealkylation sites (tertiary alicyclic amines) is 1. The van der Waals surface area contributed by atoms with Crippen LogP contribution in [0.4, 0.5) is 5.69 Å². The monoisotopic (exact) mass is 363 g/mol. The number of benzene rings is 2. The number of piperidine rings is 1. The van der Waals surface area contributed by atoms with E-state index in [0.717, 1.165) is 6.54 Å². The summed E-state index contributed by atoms with van der Waals surface area (Å²) in [7, 11) is 2.09. The highest BCUT2D eigenvalue weighted by Crippen LogP contribution is 2.34. The van der Waals surface area contributed by atoms with Crippen LogP contribution in [-0.4, -0.2) is 42.5 Å². The molecule has 1 amide bonds. The van der Waals surface area contributed by atoms with Crippen molar-refractivity contribution in [3.63, 3.8) is 0 Å². The minimum absolute atomic E-state index is 0.225. The number of anilines is 1. The van der Waals surface area contributed by atoms with E-state index in [1.165, 1.54) is 49.2 Å². The summed E-state index contributed by atoms with van der Waals surface area (Å²) in [5.74, 6) is 0.246. The molecule has 2 saturated heterocycles. The van der Waals surface area contributed by atoms with Gasteiger partial charge in [0.15, 0.2) is 0 Å². The average molecular weight is 364 g/mol. The Hall–Kier alpha value is -2.33. The molecule has 2 heterocycles. The van der Waals surface area contributed by atoms with Gasteiger partial charge in [-0.3, -0.25) is 9.69 Å². The van der Waals surface area contributed by atoms with Crippen molar-refractivity contribution in [3.8, 4) is 0 Å². The van der Waals surface area contributed by atoms with Crippen molar-refractivity contribution in [1.29, 1.82) is 0 Å². The van der Waals surface area contributed by atoms with Gasteiger partial charge in [-0.1, -0.05) is 42.5 Å². The third-order valence-corrected chi connectivity index (χ3v) is 5.75. The van der Waals surface area contributed by atoms with Crippen molar-refractivity contribution < 1.29 is 4.79 Å². The summed E-state index contributed by atoms with van der Waals surface area (Å²) in [6.07, 6.45) is 4.59. The van der Waals surface area contributed by atoms with E-state index in [1.807, 2.05) is 23.1 Å². The largest absolute Gasteiger partial charge is 0.372 e. The third kappa shape index (κ3) is 4.16. The standard InChI is InChI=1S/C23H29N3O/c1-24(18-26-22(16-23(26)27)20-8-4-2-5-9-20)17-19-10-12-21(13-11-19)25-14-6-3-7-15-25/h2,4-5,8-13,22H,3,6-7,14-18H2,1H3/t22-/m0/s1. The maximum atomic E-state index is 12.1. The van der Waals surface area contributed by atoms with Crippen molar-refractivity contribution in [2.75, 3.05) is 31.7 Å². The first-order valence-electron chi connectivity index (χ1n) is 10.1. The lowest BCUT2D eigenvalue weighted by Gasteiger charge is -2.42. The van der Waals surface area contributed by atoms with Gasteiger partial charge in [-0.2, -0.15) is 0 Å². The van der Waals surface area contributed by atoms with Crippen LogP contribution in [-0.2, 0) is 11.3 Å². The van der Waals surface area contributed by atoms with E-state index in [9.17, 15) is 4.79 Å². The van der Waals surface area contributed by atoms with Crippen LogP contribution in [0.3, 0.4) is 0 Å². The summed E-state index contributed by atoms with van der Waals surface area (Å²) in [6.45, 7) is 3.88. The van der Waals surface area contributed by atoms with Gasteiger partial charge in [0, 0.05) is 25.3 Å². The van der Waals surface area contributed by atoms with Crippen LogP contribution >= 0.6 is 0 Å². The van der Waals surface area contributed by atoms with E-state index in [1.54, 1.807) is 0 Å². The molecule has 142 valence electrons. The van der Waals surface area contributed by atoms with E-state index in [2.05, 4.69) is 53.2 Å². The van der Waals surface area contributed by atoms with Crippen LogP contribution in [0.15, 0.2) is 54.6 Å². The molecule has 0 bridgehead atoms. The van der Waals surface area contributed by atoms with Crippen LogP contribution in [0, 0.1) is 0 Å². The molecule has 4 rings (SSSR count). The molecule has 2 aromatic rings. The molecule has 0 saturated carbocycles. The molecule has 2 fully saturated rings. The predicted octanol–water partition coefficient (Wildman–Crippen LogP) is 4.04. The Kier molecular flexibility index (Phi) is 5.44. The lowest BCUT2D eigenvalue weighted by atomic mass is 9.94. The lowest BCUT2D eigenvalue weighted by Crippen LogP contribution is -2.50. The molecule has 2 aliphatic rings. The molecule has 0 unspecified atom stereocenters. The summed E-state index contributed by atoms with van der Waals surface area (Å²) in [5, 5.41) is 0. The number of nitrogens with zero attached hydrogens (tertiary/aromatic N) is 3. The normalized spacial score (nSPS) is 20.1. The number of hydrogen-bond acceptors (Lipinski definition) is 3. The van der Waals surface area contributed by atoms with Gasteiger partial charge in [0.25, 0.3) is 0 Å². The molecule has 1 atom stereocenters. The van der Waals surface area contributed by atoms with Gasteiger partial charge >= 0.3 is 0 Å². The molecule has 4 nitrogen and oxygen atoms in total. The molecule has 0 N–H and O–H groups in total. The zero-order valence-electron chi connectivity index (χ0n) is 16.2. The fourth-order valence-corrected chi connectivity index (χ4v) is 4.19. The molecule has 2 aromatic carbocycles. The molecule has 4 heteroatoms. The number of β-lactam (4-membered cyclic amide) rings is 1. The number of carbonyl (C=O) groups is 1. The fourth-order valence-electron chi connectivity index (χ4n) is 4.19. The van der Waals surface area contributed by atoms with E-state index in [0.29, 0.717) is 13.1 Å². The van der Waals surface area contributed by atoms with E-state index >= 15 is 0 Å². The van der Waals surface area contributed by atoms with Crippen molar-refractivity contribution in [2.45, 2.75) is 38.3 Å². The molecular formula is C23H29N3O. The maximum Gasteiger partial charge on any atom is 0.226 e. The number of hydrogen-bond donors (Lipinski definition) is 0. The topological polar surface area (TPSA) is 26.8 Å². The Morgan fingerprint density at radius 3 is 2.33 bits per heavy atom. The van der Waals surface area contributed by atoms with Gasteiger partial charge in [-0.25, -0.2) is 0 Å². The van der Waals surface area contributed by atoms with Crippen molar-refractivity contribution >= 4 is 11.6 Å². The van der Waals surface area contributed by atoms with E-state index < -0.39 is 0 Å². The van der Waals surface area contributed by atoms with E-state index in [-0.39, 0.29) is 11.9 Å². The van der Waals surface area contributed by atoms with Crippen LogP contribution in [0.2, 0.25) is 0 Å². The number of rotatable bonds is 6. The van der Waals surface area contributed by atoms with E-state index in [4.69, 9.17) is 0 Å². The minimum Gasteiger partial charge on any atom is -0.372 e. The second-order valence-corrected chi connectivity index (χ2v) is 7.86. The zero-order valence-corrected chi connectivity index (χ0v) is 16.2. The summed E-state index contributed by atoms with van der Waals surface area (Å²) in [4.78, 5) is 18.8. The van der Waals surface area contributed by atoms with Crippen LogP contribution in [0.1, 0.15) is 42.9 Å². The summed E-state index contributed by atoms with van der Waals surface area (Å²) in [6, 6.07) is 19.5. The highest BCUT2D eigenvalue weighted by Gasteiger charge is 2.37. The fraction of sp³-hybridized carbons (Fsp3) is 0.435. The van der Waals surface area contributed by atoms with Crippen LogP contribution < -0.4 is 4.90 Å². The molecule has 2 aliphatic heterocycles. The summed E-state index contributed by atoms with van der Waals surface area (Å²) >= 11 is 0. The van der Waals surface area contributed by atoms with Crippen molar-refractivity contribution in [2.24, 2.45) is 0 Å². The first kappa shape index (κ1) is 18.1. The highest BCUT2D eigenvalue weighted by atomic mass is 16.2. The Labute approximate surface area is 162 Å². The van der Waals surface area contributed by atoms with Gasteiger partial charge in [0.05, 0.1) is 19.1 Å². The Morgan fingerprint density at radius 2 is 1.67 bits per heavy atom. The predicted molar refractivity (Wildman–Crippen MR) is 109 cm³/mol. The number of carbonyl (C=O) groups excluding carboxylic acids is 1.